The summed E-state index contributed by atoms with van der Waals surface area (Å²) in [4.78, 5) is 8.22. The molecule has 0 bridgehead atoms. The fraction of sp³-hybridized carbons (Fsp3) is 0.0909. The molecule has 0 aliphatic rings. The highest BCUT2D eigenvalue weighted by Gasteiger charge is 2.10. The van der Waals surface area contributed by atoms with Gasteiger partial charge >= 0.3 is 0 Å². The predicted octanol–water partition coefficient (Wildman–Crippen LogP) is 2.42. The molecule has 0 saturated heterocycles. The summed E-state index contributed by atoms with van der Waals surface area (Å²) in [5.74, 6) is 1.20. The monoisotopic (exact) mass is 294 g/mol. The van der Waals surface area contributed by atoms with Crippen molar-refractivity contribution < 1.29 is 0 Å². The molecule has 19 heavy (non-hydrogen) atoms. The molecule has 3 aromatic rings. The molecule has 1 aromatic carbocycles. The molecule has 0 amide bonds. The van der Waals surface area contributed by atoms with Crippen LogP contribution in [0.3, 0.4) is 0 Å². The van der Waals surface area contributed by atoms with Crippen LogP contribution in [0.25, 0.3) is 11.4 Å². The third-order valence-corrected chi connectivity index (χ3v) is 3.03. The summed E-state index contributed by atoms with van der Waals surface area (Å²) in [5.41, 5.74) is 0.729. The van der Waals surface area contributed by atoms with Crippen LogP contribution in [-0.4, -0.2) is 29.9 Å². The average Bonchev–Trinajstić information content (AvgIpc) is 3.01. The van der Waals surface area contributed by atoms with Gasteiger partial charge < -0.3 is 0 Å². The van der Waals surface area contributed by atoms with E-state index in [2.05, 4.69) is 25.3 Å². The molecule has 6 nitrogen and oxygen atoms in total. The number of aromatic amines is 1. The van der Waals surface area contributed by atoms with Crippen molar-refractivity contribution in [1.29, 1.82) is 0 Å². The summed E-state index contributed by atoms with van der Waals surface area (Å²) < 4.78 is 1.65. The van der Waals surface area contributed by atoms with Crippen LogP contribution in [0.5, 0.6) is 0 Å². The third kappa shape index (κ3) is 2.59. The van der Waals surface area contributed by atoms with Gasteiger partial charge in [0.05, 0.1) is 5.02 Å². The minimum absolute atomic E-state index is 0.470. The molecule has 2 aromatic heterocycles. The zero-order valence-corrected chi connectivity index (χ0v) is 11.1. The highest BCUT2D eigenvalue weighted by Crippen LogP contribution is 2.27. The van der Waals surface area contributed by atoms with Crippen molar-refractivity contribution >= 4 is 23.2 Å². The molecular formula is C11H8Cl2N6. The second-order valence-electron chi connectivity index (χ2n) is 3.82. The number of nitrogens with one attached hydrogen (secondary N) is 1. The minimum atomic E-state index is 0.470. The fourth-order valence-corrected chi connectivity index (χ4v) is 2.12. The van der Waals surface area contributed by atoms with Crippen LogP contribution in [0, 0.1) is 0 Å². The van der Waals surface area contributed by atoms with Gasteiger partial charge in [-0.2, -0.15) is 10.2 Å². The van der Waals surface area contributed by atoms with Crippen LogP contribution in [-0.2, 0) is 6.54 Å². The number of H-pyrrole nitrogens is 1. The highest BCUT2D eigenvalue weighted by atomic mass is 35.5. The first-order chi connectivity index (χ1) is 9.22. The van der Waals surface area contributed by atoms with Gasteiger partial charge in [0.15, 0.2) is 5.82 Å². The number of aromatic nitrogens is 6. The van der Waals surface area contributed by atoms with Crippen molar-refractivity contribution in [2.24, 2.45) is 0 Å². The van der Waals surface area contributed by atoms with Crippen molar-refractivity contribution in [3.8, 4) is 11.4 Å². The Morgan fingerprint density at radius 3 is 2.89 bits per heavy atom. The Bertz CT molecular complexity index is 691. The highest BCUT2D eigenvalue weighted by molar-refractivity contribution is 6.36. The van der Waals surface area contributed by atoms with Crippen molar-refractivity contribution in [2.45, 2.75) is 6.54 Å². The Morgan fingerprint density at radius 2 is 2.16 bits per heavy atom. The molecule has 0 atom stereocenters. The lowest BCUT2D eigenvalue weighted by Crippen LogP contribution is -2.01. The summed E-state index contributed by atoms with van der Waals surface area (Å²) >= 11 is 12.0. The van der Waals surface area contributed by atoms with Gasteiger partial charge in [-0.05, 0) is 18.2 Å². The van der Waals surface area contributed by atoms with Gasteiger partial charge in [0.25, 0.3) is 0 Å². The summed E-state index contributed by atoms with van der Waals surface area (Å²) in [6.07, 6.45) is 3.07. The van der Waals surface area contributed by atoms with Gasteiger partial charge in [-0.3, -0.25) is 5.10 Å². The predicted molar refractivity (Wildman–Crippen MR) is 71.0 cm³/mol. The van der Waals surface area contributed by atoms with Crippen LogP contribution in [0.15, 0.2) is 30.9 Å². The summed E-state index contributed by atoms with van der Waals surface area (Å²) in [5, 5.41) is 12.1. The molecule has 0 unspecified atom stereocenters. The number of nitrogens with zero attached hydrogens (tertiary/aromatic N) is 5. The Balaban J connectivity index is 1.88. The molecule has 8 heteroatoms. The number of hydrogen-bond donors (Lipinski definition) is 1. The lowest BCUT2D eigenvalue weighted by atomic mass is 10.2. The maximum Gasteiger partial charge on any atom is 0.182 e. The molecule has 0 spiro atoms. The van der Waals surface area contributed by atoms with Gasteiger partial charge in [-0.1, -0.05) is 23.2 Å². The van der Waals surface area contributed by atoms with Crippen molar-refractivity contribution in [3.05, 3.63) is 46.7 Å². The Labute approximate surface area is 118 Å². The molecule has 0 fully saturated rings. The molecule has 96 valence electrons. The molecule has 0 aliphatic heterocycles. The van der Waals surface area contributed by atoms with E-state index in [1.807, 2.05) is 0 Å². The van der Waals surface area contributed by atoms with Crippen molar-refractivity contribution in [3.63, 3.8) is 0 Å². The zero-order chi connectivity index (χ0) is 13.2. The molecule has 0 saturated carbocycles. The normalized spacial score (nSPS) is 10.8. The second kappa shape index (κ2) is 4.99. The standard InChI is InChI=1S/C11H8Cl2N6/c12-7-1-2-8(9(13)3-7)11-16-10(17-18-11)4-19-6-14-5-15-19/h1-3,5-6H,4H2,(H,16,17,18). The molecular weight excluding hydrogens is 287 g/mol. The van der Waals surface area contributed by atoms with Crippen LogP contribution in [0.4, 0.5) is 0 Å². The summed E-state index contributed by atoms with van der Waals surface area (Å²) in [7, 11) is 0. The number of benzene rings is 1. The van der Waals surface area contributed by atoms with Crippen LogP contribution in [0.1, 0.15) is 5.82 Å². The van der Waals surface area contributed by atoms with Crippen LogP contribution in [0.2, 0.25) is 10.0 Å². The van der Waals surface area contributed by atoms with E-state index in [4.69, 9.17) is 23.2 Å². The first kappa shape index (κ1) is 12.1. The van der Waals surface area contributed by atoms with Gasteiger partial charge in [0, 0.05) is 10.6 Å². The van der Waals surface area contributed by atoms with E-state index >= 15 is 0 Å². The largest absolute Gasteiger partial charge is 0.261 e. The Morgan fingerprint density at radius 1 is 1.26 bits per heavy atom. The topological polar surface area (TPSA) is 72.3 Å². The van der Waals surface area contributed by atoms with Gasteiger partial charge in [0.2, 0.25) is 0 Å². The first-order valence-corrected chi connectivity index (χ1v) is 6.17. The first-order valence-electron chi connectivity index (χ1n) is 5.41. The van der Waals surface area contributed by atoms with Gasteiger partial charge in [0.1, 0.15) is 25.0 Å². The smallest absolute Gasteiger partial charge is 0.182 e. The van der Waals surface area contributed by atoms with E-state index in [0.29, 0.717) is 28.2 Å². The third-order valence-electron chi connectivity index (χ3n) is 2.48. The van der Waals surface area contributed by atoms with Gasteiger partial charge in [-0.25, -0.2) is 14.6 Å². The fourth-order valence-electron chi connectivity index (χ4n) is 1.63. The van der Waals surface area contributed by atoms with Gasteiger partial charge in [-0.15, -0.1) is 0 Å². The SMILES string of the molecule is Clc1ccc(-c2n[nH]c(Cn3cncn3)n2)c(Cl)c1. The minimum Gasteiger partial charge on any atom is -0.261 e. The lowest BCUT2D eigenvalue weighted by Gasteiger charge is -1.99. The van der Waals surface area contributed by atoms with Crippen LogP contribution >= 0.6 is 23.2 Å². The average molecular weight is 295 g/mol. The molecule has 0 radical (unpaired) electrons. The van der Waals surface area contributed by atoms with E-state index in [0.717, 1.165) is 5.56 Å². The molecule has 3 rings (SSSR count). The van der Waals surface area contributed by atoms with E-state index < -0.39 is 0 Å². The summed E-state index contributed by atoms with van der Waals surface area (Å²) in [6.45, 7) is 0.470. The maximum atomic E-state index is 6.11. The zero-order valence-electron chi connectivity index (χ0n) is 9.59. The molecule has 2 heterocycles. The van der Waals surface area contributed by atoms with E-state index in [-0.39, 0.29) is 0 Å². The van der Waals surface area contributed by atoms with Crippen molar-refractivity contribution in [2.75, 3.05) is 0 Å². The van der Waals surface area contributed by atoms with E-state index in [1.165, 1.54) is 6.33 Å². The number of halogens is 2. The summed E-state index contributed by atoms with van der Waals surface area (Å²) in [6, 6.07) is 5.19. The quantitative estimate of drug-likeness (QED) is 0.805. The van der Waals surface area contributed by atoms with Crippen molar-refractivity contribution in [1.82, 2.24) is 29.9 Å². The Hall–Kier alpha value is -1.92. The molecule has 0 aliphatic carbocycles. The number of hydrogen-bond acceptors (Lipinski definition) is 4. The second-order valence-corrected chi connectivity index (χ2v) is 4.67. The van der Waals surface area contributed by atoms with E-state index in [9.17, 15) is 0 Å². The number of rotatable bonds is 3. The molecule has 1 N–H and O–H groups in total. The maximum absolute atomic E-state index is 6.11. The van der Waals surface area contributed by atoms with E-state index in [1.54, 1.807) is 29.2 Å². The lowest BCUT2D eigenvalue weighted by molar-refractivity contribution is 0.656. The van der Waals surface area contributed by atoms with Crippen LogP contribution < -0.4 is 0 Å². The Kier molecular flexibility index (Phi) is 3.18.